The van der Waals surface area contributed by atoms with Crippen molar-refractivity contribution in [3.8, 4) is 5.88 Å². The number of pyridine rings is 1. The van der Waals surface area contributed by atoms with Crippen LogP contribution in [0.5, 0.6) is 5.88 Å². The number of rotatable bonds is 8. The summed E-state index contributed by atoms with van der Waals surface area (Å²) in [7, 11) is 0. The number of alkyl halides is 6. The number of hydrogen-bond donors (Lipinski definition) is 2. The second-order valence-electron chi connectivity index (χ2n) is 8.42. The zero-order chi connectivity index (χ0) is 27.5. The van der Waals surface area contributed by atoms with Crippen LogP contribution in [0, 0.1) is 6.92 Å². The minimum absolute atomic E-state index is 0.00255. The first-order chi connectivity index (χ1) is 17.9. The van der Waals surface area contributed by atoms with Gasteiger partial charge in [-0.25, -0.2) is 15.0 Å². The Labute approximate surface area is 216 Å². The van der Waals surface area contributed by atoms with E-state index < -0.39 is 30.4 Å². The average Bonchev–Trinajstić information content (AvgIpc) is 3.44. The van der Waals surface area contributed by atoms with Gasteiger partial charge < -0.3 is 15.4 Å². The number of aromatic nitrogens is 4. The van der Waals surface area contributed by atoms with Gasteiger partial charge in [0.05, 0.1) is 42.0 Å². The van der Waals surface area contributed by atoms with Crippen molar-refractivity contribution in [3.63, 3.8) is 0 Å². The van der Waals surface area contributed by atoms with Gasteiger partial charge in [-0.3, -0.25) is 9.69 Å². The summed E-state index contributed by atoms with van der Waals surface area (Å²) < 4.78 is 85.2. The van der Waals surface area contributed by atoms with Crippen molar-refractivity contribution < 1.29 is 35.9 Å². The molecule has 1 aliphatic heterocycles. The largest absolute Gasteiger partial charge is 0.473 e. The number of likely N-dealkylation sites (tertiary alicyclic amines) is 1. The molecule has 38 heavy (non-hydrogen) atoms. The lowest BCUT2D eigenvalue weighted by molar-refractivity contribution is -0.141. The zero-order valence-corrected chi connectivity index (χ0v) is 20.5. The summed E-state index contributed by atoms with van der Waals surface area (Å²) in [5.41, 5.74) is -0.249. The molecule has 0 spiro atoms. The predicted octanol–water partition coefficient (Wildman–Crippen LogP) is 5.06. The summed E-state index contributed by atoms with van der Waals surface area (Å²) in [4.78, 5) is 25.8. The van der Waals surface area contributed by atoms with Gasteiger partial charge in [-0.05, 0) is 30.9 Å². The summed E-state index contributed by atoms with van der Waals surface area (Å²) in [6.45, 7) is 2.38. The molecule has 1 fully saturated rings. The summed E-state index contributed by atoms with van der Waals surface area (Å²) in [6.07, 6.45) is -6.57. The van der Waals surface area contributed by atoms with Crippen LogP contribution in [0.4, 0.5) is 42.8 Å². The third kappa shape index (κ3) is 7.28. The Balaban J connectivity index is 1.33. The number of amides is 1. The monoisotopic (exact) mass is 561 g/mol. The number of ether oxygens (including phenoxy) is 1. The van der Waals surface area contributed by atoms with Crippen molar-refractivity contribution in [3.05, 3.63) is 47.7 Å². The van der Waals surface area contributed by atoms with Crippen molar-refractivity contribution in [2.75, 3.05) is 30.3 Å². The first kappa shape index (κ1) is 27.5. The molecule has 0 unspecified atom stereocenters. The summed E-state index contributed by atoms with van der Waals surface area (Å²) >= 11 is 0.931. The lowest BCUT2D eigenvalue weighted by Gasteiger charge is -2.17. The Morgan fingerprint density at radius 2 is 1.92 bits per heavy atom. The van der Waals surface area contributed by atoms with Gasteiger partial charge in [0.1, 0.15) is 16.9 Å². The highest BCUT2D eigenvalue weighted by Gasteiger charge is 2.33. The van der Waals surface area contributed by atoms with Crippen molar-refractivity contribution in [1.29, 1.82) is 0 Å². The highest BCUT2D eigenvalue weighted by Crippen LogP contribution is 2.30. The van der Waals surface area contributed by atoms with Crippen molar-refractivity contribution in [2.45, 2.75) is 38.2 Å². The first-order valence-corrected chi connectivity index (χ1v) is 12.0. The Hall–Kier alpha value is -3.53. The maximum absolute atomic E-state index is 12.9. The molecule has 1 atom stereocenters. The Bertz CT molecular complexity index is 1250. The van der Waals surface area contributed by atoms with Crippen LogP contribution in [-0.4, -0.2) is 62.0 Å². The van der Waals surface area contributed by atoms with E-state index in [9.17, 15) is 31.1 Å². The fourth-order valence-corrected chi connectivity index (χ4v) is 4.45. The van der Waals surface area contributed by atoms with Gasteiger partial charge in [0.25, 0.3) is 5.91 Å². The van der Waals surface area contributed by atoms with Crippen LogP contribution in [0.3, 0.4) is 0 Å². The quantitative estimate of drug-likeness (QED) is 0.368. The van der Waals surface area contributed by atoms with Gasteiger partial charge in [0, 0.05) is 25.7 Å². The molecule has 0 saturated carbocycles. The number of halogens is 6. The molecule has 4 heterocycles. The standard InChI is InChI=1S/C22H21F6N7O2S/c1-12-18(20(38-34-12)33-16-10-29-15(9-30-16)22(26,27)28)19(36)32-13-2-3-17(31-8-13)37-14-4-6-35(11-14)7-5-21(23,24)25/h2-3,8-10,14H,4-7,11H2,1H3,(H,30,33)(H,32,36)/t14-/m1/s1. The Kier molecular flexibility index (Phi) is 8.01. The number of carbonyl (C=O) groups is 1. The number of carbonyl (C=O) groups excluding carboxylic acids is 1. The van der Waals surface area contributed by atoms with Crippen LogP contribution in [-0.2, 0) is 6.18 Å². The maximum Gasteiger partial charge on any atom is 0.434 e. The van der Waals surface area contributed by atoms with Crippen LogP contribution >= 0.6 is 11.5 Å². The van der Waals surface area contributed by atoms with Gasteiger partial charge >= 0.3 is 12.4 Å². The van der Waals surface area contributed by atoms with E-state index in [0.717, 1.165) is 17.7 Å². The molecule has 1 amide bonds. The SMILES string of the molecule is Cc1nsc(Nc2cnc(C(F)(F)F)cn2)c1C(=O)Nc1ccc(O[C@@H]2CCN(CCC(F)(F)F)C2)nc1. The first-order valence-electron chi connectivity index (χ1n) is 11.2. The number of nitrogens with zero attached hydrogens (tertiary/aromatic N) is 5. The van der Waals surface area contributed by atoms with E-state index in [1.54, 1.807) is 17.9 Å². The maximum atomic E-state index is 12.9. The van der Waals surface area contributed by atoms with Crippen LogP contribution in [0.25, 0.3) is 0 Å². The van der Waals surface area contributed by atoms with E-state index in [4.69, 9.17) is 4.74 Å². The molecule has 3 aromatic heterocycles. The van der Waals surface area contributed by atoms with Gasteiger partial charge in [0.2, 0.25) is 5.88 Å². The van der Waals surface area contributed by atoms with E-state index in [-0.39, 0.29) is 34.9 Å². The molecule has 4 rings (SSSR count). The second-order valence-corrected chi connectivity index (χ2v) is 9.19. The minimum atomic E-state index is -4.62. The van der Waals surface area contributed by atoms with Gasteiger partial charge in [-0.15, -0.1) is 0 Å². The summed E-state index contributed by atoms with van der Waals surface area (Å²) in [5.74, 6) is -0.268. The highest BCUT2D eigenvalue weighted by atomic mass is 32.1. The number of hydrogen-bond acceptors (Lipinski definition) is 9. The Morgan fingerprint density at radius 1 is 1.13 bits per heavy atom. The number of anilines is 3. The van der Waals surface area contributed by atoms with Crippen LogP contribution < -0.4 is 15.4 Å². The van der Waals surface area contributed by atoms with Gasteiger partial charge in [-0.2, -0.15) is 30.7 Å². The topological polar surface area (TPSA) is 105 Å². The van der Waals surface area contributed by atoms with E-state index >= 15 is 0 Å². The normalized spacial score (nSPS) is 16.4. The van der Waals surface area contributed by atoms with E-state index in [1.165, 1.54) is 12.3 Å². The van der Waals surface area contributed by atoms with Crippen molar-refractivity contribution >= 4 is 33.9 Å². The molecular weight excluding hydrogens is 540 g/mol. The fraction of sp³-hybridized carbons (Fsp3) is 0.409. The number of aryl methyl sites for hydroxylation is 1. The molecule has 1 saturated heterocycles. The minimum Gasteiger partial charge on any atom is -0.473 e. The second kappa shape index (κ2) is 11.1. The van der Waals surface area contributed by atoms with Crippen LogP contribution in [0.1, 0.15) is 34.6 Å². The van der Waals surface area contributed by atoms with Crippen molar-refractivity contribution in [1.82, 2.24) is 24.2 Å². The average molecular weight is 562 g/mol. The molecule has 1 aliphatic rings. The lowest BCUT2D eigenvalue weighted by Crippen LogP contribution is -2.28. The molecule has 3 aromatic rings. The van der Waals surface area contributed by atoms with E-state index in [1.807, 2.05) is 0 Å². The molecule has 204 valence electrons. The summed E-state index contributed by atoms with van der Waals surface area (Å²) in [6, 6.07) is 3.09. The molecule has 0 aliphatic carbocycles. The molecule has 16 heteroatoms. The number of nitrogens with one attached hydrogen (secondary N) is 2. The smallest absolute Gasteiger partial charge is 0.434 e. The lowest BCUT2D eigenvalue weighted by atomic mass is 10.2. The summed E-state index contributed by atoms with van der Waals surface area (Å²) in [5, 5.41) is 5.69. The van der Waals surface area contributed by atoms with Gasteiger partial charge in [-0.1, -0.05) is 0 Å². The molecule has 0 bridgehead atoms. The van der Waals surface area contributed by atoms with Crippen LogP contribution in [0.2, 0.25) is 0 Å². The highest BCUT2D eigenvalue weighted by molar-refractivity contribution is 7.10. The zero-order valence-electron chi connectivity index (χ0n) is 19.7. The van der Waals surface area contributed by atoms with Crippen molar-refractivity contribution in [2.24, 2.45) is 0 Å². The molecular formula is C22H21F6N7O2S. The molecule has 2 N–H and O–H groups in total. The fourth-order valence-electron chi connectivity index (χ4n) is 3.65. The predicted molar refractivity (Wildman–Crippen MR) is 126 cm³/mol. The molecule has 0 aromatic carbocycles. The molecule has 9 nitrogen and oxygen atoms in total. The third-order valence-corrected chi connectivity index (χ3v) is 6.35. The Morgan fingerprint density at radius 3 is 2.55 bits per heavy atom. The van der Waals surface area contributed by atoms with E-state index in [2.05, 4.69) is 30.0 Å². The van der Waals surface area contributed by atoms with Gasteiger partial charge in [0.15, 0.2) is 5.69 Å². The third-order valence-electron chi connectivity index (χ3n) is 5.50. The van der Waals surface area contributed by atoms with Crippen LogP contribution in [0.15, 0.2) is 30.7 Å². The molecule has 0 radical (unpaired) electrons. The van der Waals surface area contributed by atoms with E-state index in [0.29, 0.717) is 37.1 Å².